The van der Waals surface area contributed by atoms with Crippen LogP contribution in [0.4, 0.5) is 11.5 Å². The second-order valence-corrected chi connectivity index (χ2v) is 6.62. The Labute approximate surface area is 167 Å². The van der Waals surface area contributed by atoms with Crippen molar-refractivity contribution in [2.24, 2.45) is 5.10 Å². The number of rotatable bonds is 6. The molecule has 0 bridgehead atoms. The summed E-state index contributed by atoms with van der Waals surface area (Å²) in [5.74, 6) is 0.442. The molecule has 0 aliphatic carbocycles. The highest BCUT2D eigenvalue weighted by atomic mass is 16.6. The smallest absolute Gasteiger partial charge is 0.287 e. The first kappa shape index (κ1) is 18.4. The Balaban J connectivity index is 1.62. The van der Waals surface area contributed by atoms with Crippen molar-refractivity contribution in [2.75, 3.05) is 5.43 Å². The number of nitro groups is 1. The number of pyridine rings is 1. The summed E-state index contributed by atoms with van der Waals surface area (Å²) < 4.78 is 2.27. The molecule has 0 aliphatic heterocycles. The molecule has 7 heteroatoms. The van der Waals surface area contributed by atoms with Gasteiger partial charge in [0.05, 0.1) is 11.1 Å². The van der Waals surface area contributed by atoms with Crippen molar-refractivity contribution in [3.05, 3.63) is 99.9 Å². The van der Waals surface area contributed by atoms with Crippen molar-refractivity contribution in [3.8, 4) is 0 Å². The Hall–Kier alpha value is -4.00. The molecule has 0 spiro atoms. The van der Waals surface area contributed by atoms with Gasteiger partial charge < -0.3 is 4.57 Å². The van der Waals surface area contributed by atoms with E-state index in [0.717, 1.165) is 28.7 Å². The number of aromatic nitrogens is 2. The second kappa shape index (κ2) is 7.93. The molecule has 0 amide bonds. The lowest BCUT2D eigenvalue weighted by atomic mass is 10.1. The number of hydrazone groups is 1. The number of para-hydroxylation sites is 1. The van der Waals surface area contributed by atoms with Crippen LogP contribution in [0.3, 0.4) is 0 Å². The summed E-state index contributed by atoms with van der Waals surface area (Å²) in [6, 6.07) is 21.5. The molecule has 4 aromatic rings. The lowest BCUT2D eigenvalue weighted by molar-refractivity contribution is -0.385. The zero-order valence-electron chi connectivity index (χ0n) is 15.8. The van der Waals surface area contributed by atoms with Crippen molar-refractivity contribution < 1.29 is 4.92 Å². The van der Waals surface area contributed by atoms with Crippen molar-refractivity contribution in [1.82, 2.24) is 9.55 Å². The Bertz CT molecular complexity index is 1180. The minimum Gasteiger partial charge on any atom is -0.340 e. The zero-order chi connectivity index (χ0) is 20.2. The quantitative estimate of drug-likeness (QED) is 0.295. The van der Waals surface area contributed by atoms with E-state index in [-0.39, 0.29) is 5.69 Å². The number of anilines is 1. The van der Waals surface area contributed by atoms with Gasteiger partial charge in [0.1, 0.15) is 12.0 Å². The van der Waals surface area contributed by atoms with Gasteiger partial charge in [-0.3, -0.25) is 15.5 Å². The van der Waals surface area contributed by atoms with E-state index in [4.69, 9.17) is 0 Å². The maximum absolute atomic E-state index is 10.7. The molecule has 2 aromatic carbocycles. The monoisotopic (exact) mass is 385 g/mol. The first-order chi connectivity index (χ1) is 14.1. The van der Waals surface area contributed by atoms with E-state index in [1.54, 1.807) is 6.21 Å². The first-order valence-electron chi connectivity index (χ1n) is 9.15. The molecular weight excluding hydrogens is 366 g/mol. The highest BCUT2D eigenvalue weighted by Gasteiger charge is 2.12. The zero-order valence-corrected chi connectivity index (χ0v) is 15.8. The maximum atomic E-state index is 10.7. The summed E-state index contributed by atoms with van der Waals surface area (Å²) in [6.07, 6.45) is 2.97. The number of benzene rings is 2. The Morgan fingerprint density at radius 2 is 1.86 bits per heavy atom. The third-order valence-electron chi connectivity index (χ3n) is 4.79. The van der Waals surface area contributed by atoms with E-state index in [0.29, 0.717) is 5.82 Å². The highest BCUT2D eigenvalue weighted by Crippen LogP contribution is 2.25. The van der Waals surface area contributed by atoms with E-state index in [1.807, 2.05) is 30.3 Å². The molecule has 144 valence electrons. The van der Waals surface area contributed by atoms with Gasteiger partial charge >= 0.3 is 0 Å². The average molecular weight is 385 g/mol. The molecule has 0 radical (unpaired) electrons. The number of fused-ring (bicyclic) bond motifs is 1. The topological polar surface area (TPSA) is 85.3 Å². The molecule has 0 aliphatic rings. The van der Waals surface area contributed by atoms with Gasteiger partial charge in [-0.15, -0.1) is 0 Å². The molecule has 0 saturated heterocycles. The normalized spacial score (nSPS) is 11.2. The van der Waals surface area contributed by atoms with Gasteiger partial charge in [0.2, 0.25) is 0 Å². The fourth-order valence-corrected chi connectivity index (χ4v) is 3.31. The van der Waals surface area contributed by atoms with Crippen LogP contribution >= 0.6 is 0 Å². The Kier molecular flexibility index (Phi) is 5.03. The summed E-state index contributed by atoms with van der Waals surface area (Å²) >= 11 is 0. The maximum Gasteiger partial charge on any atom is 0.287 e. The van der Waals surface area contributed by atoms with Gasteiger partial charge in [0, 0.05) is 34.8 Å². The van der Waals surface area contributed by atoms with Gasteiger partial charge in [0.25, 0.3) is 5.69 Å². The van der Waals surface area contributed by atoms with Crippen LogP contribution in [-0.4, -0.2) is 20.7 Å². The second-order valence-electron chi connectivity index (χ2n) is 6.62. The predicted octanol–water partition coefficient (Wildman–Crippen LogP) is 4.75. The van der Waals surface area contributed by atoms with E-state index < -0.39 is 4.92 Å². The summed E-state index contributed by atoms with van der Waals surface area (Å²) in [7, 11) is 0. The van der Waals surface area contributed by atoms with E-state index in [9.17, 15) is 10.1 Å². The van der Waals surface area contributed by atoms with Crippen LogP contribution in [0.25, 0.3) is 10.9 Å². The standard InChI is InChI=1S/C22H19N5O2/c1-16-20(14-24-25-22-12-11-18(13-23-22)27(28)29)19-9-5-6-10-21(19)26(16)15-17-7-3-2-4-8-17/h2-14H,15H2,1H3,(H,23,25)/b24-14-. The molecular formula is C22H19N5O2. The largest absolute Gasteiger partial charge is 0.340 e. The average Bonchev–Trinajstić information content (AvgIpc) is 3.01. The summed E-state index contributed by atoms with van der Waals surface area (Å²) in [5, 5.41) is 16.1. The van der Waals surface area contributed by atoms with E-state index in [2.05, 4.69) is 51.3 Å². The van der Waals surface area contributed by atoms with Crippen molar-refractivity contribution in [1.29, 1.82) is 0 Å². The third-order valence-corrected chi connectivity index (χ3v) is 4.79. The minimum atomic E-state index is -0.481. The number of nitrogens with one attached hydrogen (secondary N) is 1. The third kappa shape index (κ3) is 3.84. The molecule has 0 saturated carbocycles. The van der Waals surface area contributed by atoms with Crippen molar-refractivity contribution >= 4 is 28.6 Å². The minimum absolute atomic E-state index is 0.0562. The summed E-state index contributed by atoms with van der Waals surface area (Å²) in [6.45, 7) is 2.85. The lowest BCUT2D eigenvalue weighted by Gasteiger charge is -2.08. The van der Waals surface area contributed by atoms with Crippen LogP contribution < -0.4 is 5.43 Å². The van der Waals surface area contributed by atoms with Gasteiger partial charge in [-0.2, -0.15) is 5.10 Å². The molecule has 2 aromatic heterocycles. The van der Waals surface area contributed by atoms with Crippen molar-refractivity contribution in [3.63, 3.8) is 0 Å². The molecule has 0 fully saturated rings. The van der Waals surface area contributed by atoms with E-state index in [1.165, 1.54) is 23.9 Å². The molecule has 0 unspecified atom stereocenters. The first-order valence-corrected chi connectivity index (χ1v) is 9.15. The summed E-state index contributed by atoms with van der Waals surface area (Å²) in [5.41, 5.74) is 7.28. The van der Waals surface area contributed by atoms with Crippen LogP contribution in [0, 0.1) is 17.0 Å². The molecule has 7 nitrogen and oxygen atoms in total. The number of hydrogen-bond acceptors (Lipinski definition) is 5. The van der Waals surface area contributed by atoms with Crippen LogP contribution in [0.1, 0.15) is 16.8 Å². The van der Waals surface area contributed by atoms with Crippen LogP contribution in [0.2, 0.25) is 0 Å². The number of nitrogens with zero attached hydrogens (tertiary/aromatic N) is 4. The van der Waals surface area contributed by atoms with Crippen LogP contribution in [0.5, 0.6) is 0 Å². The molecule has 0 atom stereocenters. The van der Waals surface area contributed by atoms with Gasteiger partial charge in [-0.05, 0) is 24.6 Å². The molecule has 29 heavy (non-hydrogen) atoms. The lowest BCUT2D eigenvalue weighted by Crippen LogP contribution is -2.02. The van der Waals surface area contributed by atoms with Gasteiger partial charge in [-0.1, -0.05) is 48.5 Å². The fourth-order valence-electron chi connectivity index (χ4n) is 3.31. The SMILES string of the molecule is Cc1c(/C=N\Nc2ccc([N+](=O)[O-])cn2)c2ccccc2n1Cc1ccccc1. The van der Waals surface area contributed by atoms with Crippen LogP contribution in [0.15, 0.2) is 78.0 Å². The van der Waals surface area contributed by atoms with Gasteiger partial charge in [0.15, 0.2) is 0 Å². The van der Waals surface area contributed by atoms with E-state index >= 15 is 0 Å². The van der Waals surface area contributed by atoms with Crippen LogP contribution in [-0.2, 0) is 6.54 Å². The van der Waals surface area contributed by atoms with Crippen molar-refractivity contribution in [2.45, 2.75) is 13.5 Å². The Morgan fingerprint density at radius 1 is 1.10 bits per heavy atom. The molecule has 1 N–H and O–H groups in total. The Morgan fingerprint density at radius 3 is 2.59 bits per heavy atom. The molecule has 4 rings (SSSR count). The van der Waals surface area contributed by atoms with Gasteiger partial charge in [-0.25, -0.2) is 4.98 Å². The highest BCUT2D eigenvalue weighted by molar-refractivity contribution is 6.01. The number of hydrogen-bond donors (Lipinski definition) is 1. The molecule has 2 heterocycles. The fraction of sp³-hybridized carbons (Fsp3) is 0.0909. The predicted molar refractivity (Wildman–Crippen MR) is 114 cm³/mol. The summed E-state index contributed by atoms with van der Waals surface area (Å²) in [4.78, 5) is 14.2.